The Hall–Kier alpha value is -3.11. The van der Waals surface area contributed by atoms with E-state index in [1.807, 2.05) is 0 Å². The Morgan fingerprint density at radius 3 is 2.63 bits per heavy atom. The highest BCUT2D eigenvalue weighted by molar-refractivity contribution is 6.31. The van der Waals surface area contributed by atoms with Gasteiger partial charge < -0.3 is 14.0 Å². The molecule has 1 aliphatic carbocycles. The molecule has 0 spiro atoms. The Balaban J connectivity index is 1.67. The third kappa shape index (κ3) is 4.39. The molecule has 0 atom stereocenters. The van der Waals surface area contributed by atoms with Crippen molar-refractivity contribution >= 4 is 11.6 Å². The van der Waals surface area contributed by atoms with Gasteiger partial charge in [-0.2, -0.15) is 0 Å². The molecule has 154 valence electrons. The van der Waals surface area contributed by atoms with Gasteiger partial charge in [0.2, 0.25) is 0 Å². The maximum Gasteiger partial charge on any atom is 0.573 e. The molecule has 1 aromatic heterocycles. The third-order valence-corrected chi connectivity index (χ3v) is 4.93. The first-order valence-corrected chi connectivity index (χ1v) is 9.46. The Bertz CT molecular complexity index is 1110. The van der Waals surface area contributed by atoms with Gasteiger partial charge in [0.1, 0.15) is 29.6 Å². The third-order valence-electron chi connectivity index (χ3n) is 4.61. The highest BCUT2D eigenvalue weighted by Crippen LogP contribution is 2.45. The summed E-state index contributed by atoms with van der Waals surface area (Å²) in [6.07, 6.45) is 2.38. The van der Waals surface area contributed by atoms with E-state index in [1.54, 1.807) is 24.3 Å². The number of aromatic nitrogens is 1. The molecule has 1 saturated carbocycles. The van der Waals surface area contributed by atoms with Crippen molar-refractivity contribution in [3.05, 3.63) is 64.4 Å². The van der Waals surface area contributed by atoms with Crippen molar-refractivity contribution in [3.63, 3.8) is 0 Å². The minimum absolute atomic E-state index is 0.0384. The first kappa shape index (κ1) is 20.2. The second kappa shape index (κ2) is 7.96. The summed E-state index contributed by atoms with van der Waals surface area (Å²) in [6, 6.07) is 10.7. The molecule has 1 aliphatic rings. The number of alkyl halides is 3. The summed E-state index contributed by atoms with van der Waals surface area (Å²) >= 11 is 6.11. The number of terminal acetylenes is 1. The fourth-order valence-corrected chi connectivity index (χ4v) is 3.30. The summed E-state index contributed by atoms with van der Waals surface area (Å²) in [5.41, 5.74) is 1.53. The molecule has 4 rings (SSSR count). The first-order chi connectivity index (χ1) is 14.4. The van der Waals surface area contributed by atoms with E-state index in [2.05, 4.69) is 15.8 Å². The van der Waals surface area contributed by atoms with Gasteiger partial charge in [-0.15, -0.1) is 19.6 Å². The normalized spacial score (nSPS) is 13.7. The molecule has 0 radical (unpaired) electrons. The van der Waals surface area contributed by atoms with E-state index in [9.17, 15) is 13.2 Å². The maximum absolute atomic E-state index is 12.8. The van der Waals surface area contributed by atoms with Crippen LogP contribution in [0.3, 0.4) is 0 Å². The number of hydrogen-bond donors (Lipinski definition) is 0. The summed E-state index contributed by atoms with van der Waals surface area (Å²) in [7, 11) is 0. The number of benzene rings is 2. The molecule has 0 N–H and O–H groups in total. The molecular weight excluding hydrogens is 419 g/mol. The maximum atomic E-state index is 12.8. The molecular formula is C22H15ClF3NO3. The van der Waals surface area contributed by atoms with Crippen molar-refractivity contribution in [3.8, 4) is 35.1 Å². The van der Waals surface area contributed by atoms with Gasteiger partial charge in [0.25, 0.3) is 0 Å². The van der Waals surface area contributed by atoms with Gasteiger partial charge in [0, 0.05) is 23.1 Å². The standard InChI is InChI=1S/C22H15ClF3NO3/c1-2-13-9-10-15(11-18(13)23)28-12-17-20(27-30-21(17)14-7-8-14)16-5-3-4-6-19(16)29-22(24,25)26/h1,3-6,9-11,14H,7-8,12H2. The van der Waals surface area contributed by atoms with E-state index >= 15 is 0 Å². The fraction of sp³-hybridized carbons (Fsp3) is 0.227. The molecule has 0 saturated heterocycles. The van der Waals surface area contributed by atoms with Crippen LogP contribution in [0.25, 0.3) is 11.3 Å². The topological polar surface area (TPSA) is 44.5 Å². The van der Waals surface area contributed by atoms with Gasteiger partial charge in [0.15, 0.2) is 0 Å². The quantitative estimate of drug-likeness (QED) is 0.426. The van der Waals surface area contributed by atoms with Crippen molar-refractivity contribution in [2.75, 3.05) is 0 Å². The van der Waals surface area contributed by atoms with Crippen LogP contribution >= 0.6 is 11.6 Å². The zero-order valence-corrected chi connectivity index (χ0v) is 16.3. The number of hydrogen-bond acceptors (Lipinski definition) is 4. The molecule has 1 fully saturated rings. The van der Waals surface area contributed by atoms with Gasteiger partial charge >= 0.3 is 6.36 Å². The van der Waals surface area contributed by atoms with Crippen LogP contribution in [0.5, 0.6) is 11.5 Å². The molecule has 8 heteroatoms. The van der Waals surface area contributed by atoms with Crippen molar-refractivity contribution in [2.45, 2.75) is 31.7 Å². The number of halogens is 4. The monoisotopic (exact) mass is 433 g/mol. The lowest BCUT2D eigenvalue weighted by atomic mass is 10.0. The van der Waals surface area contributed by atoms with Gasteiger partial charge in [-0.05, 0) is 37.1 Å². The summed E-state index contributed by atoms with van der Waals surface area (Å²) in [6.45, 7) is 0.0384. The highest BCUT2D eigenvalue weighted by atomic mass is 35.5. The zero-order valence-electron chi connectivity index (χ0n) is 15.5. The van der Waals surface area contributed by atoms with Gasteiger partial charge in [-0.25, -0.2) is 0 Å². The molecule has 3 aromatic rings. The van der Waals surface area contributed by atoms with Crippen LogP contribution in [-0.2, 0) is 6.61 Å². The lowest BCUT2D eigenvalue weighted by Crippen LogP contribution is -2.17. The zero-order chi connectivity index (χ0) is 21.3. The molecule has 30 heavy (non-hydrogen) atoms. The van der Waals surface area contributed by atoms with Gasteiger partial charge in [-0.1, -0.05) is 34.8 Å². The summed E-state index contributed by atoms with van der Waals surface area (Å²) < 4.78 is 54.0. The van der Waals surface area contributed by atoms with Crippen molar-refractivity contribution in [2.24, 2.45) is 0 Å². The number of rotatable bonds is 6. The van der Waals surface area contributed by atoms with Crippen molar-refractivity contribution < 1.29 is 27.2 Å². The average molecular weight is 434 g/mol. The van der Waals surface area contributed by atoms with Gasteiger partial charge in [0.05, 0.1) is 10.6 Å². The summed E-state index contributed by atoms with van der Waals surface area (Å²) in [5, 5.41) is 4.41. The van der Waals surface area contributed by atoms with Crippen molar-refractivity contribution in [1.82, 2.24) is 5.16 Å². The lowest BCUT2D eigenvalue weighted by Gasteiger charge is -2.13. The van der Waals surface area contributed by atoms with E-state index in [4.69, 9.17) is 27.3 Å². The van der Waals surface area contributed by atoms with E-state index in [0.29, 0.717) is 27.7 Å². The molecule has 0 aliphatic heterocycles. The van der Waals surface area contributed by atoms with Crippen LogP contribution in [0.15, 0.2) is 47.0 Å². The number of nitrogens with zero attached hydrogens (tertiary/aromatic N) is 1. The van der Waals surface area contributed by atoms with Crippen LogP contribution in [0.1, 0.15) is 35.6 Å². The Morgan fingerprint density at radius 1 is 1.20 bits per heavy atom. The number of ether oxygens (including phenoxy) is 2. The van der Waals surface area contributed by atoms with E-state index in [0.717, 1.165) is 12.8 Å². The van der Waals surface area contributed by atoms with Crippen LogP contribution in [-0.4, -0.2) is 11.5 Å². The van der Waals surface area contributed by atoms with E-state index in [1.165, 1.54) is 18.2 Å². The van der Waals surface area contributed by atoms with Crippen LogP contribution in [0.4, 0.5) is 13.2 Å². The molecule has 4 nitrogen and oxygen atoms in total. The Morgan fingerprint density at radius 2 is 1.97 bits per heavy atom. The summed E-state index contributed by atoms with van der Waals surface area (Å²) in [4.78, 5) is 0. The predicted molar refractivity (Wildman–Crippen MR) is 104 cm³/mol. The molecule has 0 bridgehead atoms. The Labute approximate surface area is 175 Å². The lowest BCUT2D eigenvalue weighted by molar-refractivity contribution is -0.274. The van der Waals surface area contributed by atoms with Crippen LogP contribution in [0.2, 0.25) is 5.02 Å². The molecule has 1 heterocycles. The average Bonchev–Trinajstić information content (AvgIpc) is 3.45. The van der Waals surface area contributed by atoms with Gasteiger partial charge in [-0.3, -0.25) is 0 Å². The first-order valence-electron chi connectivity index (χ1n) is 9.08. The summed E-state index contributed by atoms with van der Waals surface area (Å²) in [5.74, 6) is 3.35. The smallest absolute Gasteiger partial charge is 0.489 e. The fourth-order valence-electron chi connectivity index (χ4n) is 3.07. The van der Waals surface area contributed by atoms with Crippen LogP contribution in [0, 0.1) is 12.3 Å². The number of para-hydroxylation sites is 1. The predicted octanol–water partition coefficient (Wildman–Crippen LogP) is 6.33. The molecule has 0 unspecified atom stereocenters. The molecule has 2 aromatic carbocycles. The Kier molecular flexibility index (Phi) is 5.35. The minimum atomic E-state index is -4.83. The van der Waals surface area contributed by atoms with E-state index in [-0.39, 0.29) is 29.5 Å². The van der Waals surface area contributed by atoms with E-state index < -0.39 is 6.36 Å². The minimum Gasteiger partial charge on any atom is -0.489 e. The second-order valence-electron chi connectivity index (χ2n) is 6.77. The highest BCUT2D eigenvalue weighted by Gasteiger charge is 2.35. The van der Waals surface area contributed by atoms with Crippen molar-refractivity contribution in [1.29, 1.82) is 0 Å². The largest absolute Gasteiger partial charge is 0.573 e. The second-order valence-corrected chi connectivity index (χ2v) is 7.17. The SMILES string of the molecule is C#Cc1ccc(OCc2c(-c3ccccc3OC(F)(F)F)noc2C2CC2)cc1Cl. The van der Waals surface area contributed by atoms with Crippen LogP contribution < -0.4 is 9.47 Å². The molecule has 0 amide bonds.